The Balaban J connectivity index is 1.77. The van der Waals surface area contributed by atoms with Gasteiger partial charge in [-0.1, -0.05) is 0 Å². The maximum Gasteiger partial charge on any atom is 0.257 e. The van der Waals surface area contributed by atoms with Crippen LogP contribution in [-0.4, -0.2) is 65.1 Å². The van der Waals surface area contributed by atoms with E-state index in [-0.39, 0.29) is 23.6 Å². The number of aromatic nitrogens is 1. The predicted molar refractivity (Wildman–Crippen MR) is 80.1 cm³/mol. The SMILES string of the molecule is CC(C)N1CCO[C@H]2CCN(C(=O)c3ccncc3F)C[C@@H]21. The van der Waals surface area contributed by atoms with E-state index in [0.29, 0.717) is 19.1 Å². The van der Waals surface area contributed by atoms with Crippen LogP contribution in [0.4, 0.5) is 4.39 Å². The fourth-order valence-corrected chi connectivity index (χ4v) is 3.44. The van der Waals surface area contributed by atoms with E-state index in [1.54, 1.807) is 4.90 Å². The van der Waals surface area contributed by atoms with Gasteiger partial charge in [0.1, 0.15) is 0 Å². The molecule has 0 unspecified atom stereocenters. The number of carbonyl (C=O) groups excluding carboxylic acids is 1. The van der Waals surface area contributed by atoms with Crippen LogP contribution in [0.5, 0.6) is 0 Å². The molecule has 3 heterocycles. The van der Waals surface area contributed by atoms with E-state index in [0.717, 1.165) is 25.8 Å². The van der Waals surface area contributed by atoms with E-state index in [9.17, 15) is 9.18 Å². The fraction of sp³-hybridized carbons (Fsp3) is 0.625. The average molecular weight is 307 g/mol. The molecule has 2 aliphatic heterocycles. The first-order valence-electron chi connectivity index (χ1n) is 7.84. The Morgan fingerprint density at radius 1 is 1.45 bits per heavy atom. The van der Waals surface area contributed by atoms with Crippen molar-refractivity contribution in [1.82, 2.24) is 14.8 Å². The van der Waals surface area contributed by atoms with E-state index in [1.807, 2.05) is 0 Å². The van der Waals surface area contributed by atoms with Crippen LogP contribution in [0, 0.1) is 5.82 Å². The lowest BCUT2D eigenvalue weighted by Gasteiger charge is -2.48. The number of halogens is 1. The topological polar surface area (TPSA) is 45.7 Å². The smallest absolute Gasteiger partial charge is 0.257 e. The van der Waals surface area contributed by atoms with Gasteiger partial charge in [-0.15, -0.1) is 0 Å². The Morgan fingerprint density at radius 3 is 3.00 bits per heavy atom. The zero-order chi connectivity index (χ0) is 15.7. The summed E-state index contributed by atoms with van der Waals surface area (Å²) in [6.45, 7) is 7.13. The third-order valence-corrected chi connectivity index (χ3v) is 4.58. The largest absolute Gasteiger partial charge is 0.375 e. The molecule has 6 heteroatoms. The highest BCUT2D eigenvalue weighted by molar-refractivity contribution is 5.94. The summed E-state index contributed by atoms with van der Waals surface area (Å²) in [7, 11) is 0. The number of morpholine rings is 1. The molecule has 5 nitrogen and oxygen atoms in total. The van der Waals surface area contributed by atoms with Crippen LogP contribution in [0.1, 0.15) is 30.6 Å². The van der Waals surface area contributed by atoms with Gasteiger partial charge < -0.3 is 9.64 Å². The standard InChI is InChI=1S/C16H22FN3O2/c1-11(2)20-7-8-22-15-4-6-19(10-14(15)20)16(21)12-3-5-18-9-13(12)17/h3,5,9,11,14-15H,4,6-8,10H2,1-2H3/t14-,15-/m0/s1. The van der Waals surface area contributed by atoms with Crippen molar-refractivity contribution >= 4 is 5.91 Å². The second-order valence-corrected chi connectivity index (χ2v) is 6.20. The van der Waals surface area contributed by atoms with Gasteiger partial charge in [-0.2, -0.15) is 0 Å². The highest BCUT2D eigenvalue weighted by Gasteiger charge is 2.39. The first-order valence-corrected chi connectivity index (χ1v) is 7.84. The molecule has 0 aliphatic carbocycles. The molecule has 0 aromatic carbocycles. The molecule has 22 heavy (non-hydrogen) atoms. The monoisotopic (exact) mass is 307 g/mol. The molecular formula is C16H22FN3O2. The fourth-order valence-electron chi connectivity index (χ4n) is 3.44. The lowest BCUT2D eigenvalue weighted by Crippen LogP contribution is -2.62. The number of amides is 1. The van der Waals surface area contributed by atoms with Gasteiger partial charge in [-0.25, -0.2) is 4.39 Å². The molecular weight excluding hydrogens is 285 g/mol. The molecule has 0 N–H and O–H groups in total. The van der Waals surface area contributed by atoms with Crippen LogP contribution in [0.25, 0.3) is 0 Å². The molecule has 1 aromatic heterocycles. The number of fused-ring (bicyclic) bond motifs is 1. The summed E-state index contributed by atoms with van der Waals surface area (Å²) in [5.74, 6) is -0.817. The number of ether oxygens (including phenoxy) is 1. The zero-order valence-corrected chi connectivity index (χ0v) is 13.0. The van der Waals surface area contributed by atoms with Crippen LogP contribution < -0.4 is 0 Å². The molecule has 2 atom stereocenters. The lowest BCUT2D eigenvalue weighted by atomic mass is 9.97. The number of nitrogens with zero attached hydrogens (tertiary/aromatic N) is 3. The minimum absolute atomic E-state index is 0.0984. The van der Waals surface area contributed by atoms with Crippen molar-refractivity contribution in [3.05, 3.63) is 29.8 Å². The quantitative estimate of drug-likeness (QED) is 0.831. The molecule has 2 aliphatic rings. The van der Waals surface area contributed by atoms with Gasteiger partial charge in [0.2, 0.25) is 0 Å². The third-order valence-electron chi connectivity index (χ3n) is 4.58. The first kappa shape index (κ1) is 15.4. The predicted octanol–water partition coefficient (Wildman–Crippen LogP) is 1.54. The maximum absolute atomic E-state index is 13.8. The summed E-state index contributed by atoms with van der Waals surface area (Å²) < 4.78 is 19.6. The summed E-state index contributed by atoms with van der Waals surface area (Å²) in [5.41, 5.74) is 0.0984. The van der Waals surface area contributed by atoms with Gasteiger partial charge in [0, 0.05) is 31.9 Å². The van der Waals surface area contributed by atoms with Gasteiger partial charge in [-0.05, 0) is 26.3 Å². The van der Waals surface area contributed by atoms with E-state index >= 15 is 0 Å². The van der Waals surface area contributed by atoms with Crippen LogP contribution in [-0.2, 0) is 4.74 Å². The summed E-state index contributed by atoms with van der Waals surface area (Å²) >= 11 is 0. The molecule has 0 bridgehead atoms. The van der Waals surface area contributed by atoms with Crippen LogP contribution >= 0.6 is 0 Å². The Hall–Kier alpha value is -1.53. The average Bonchev–Trinajstić information content (AvgIpc) is 2.53. The second-order valence-electron chi connectivity index (χ2n) is 6.20. The van der Waals surface area contributed by atoms with Crippen molar-refractivity contribution in [3.63, 3.8) is 0 Å². The van der Waals surface area contributed by atoms with Crippen LogP contribution in [0.3, 0.4) is 0 Å². The van der Waals surface area contributed by atoms with Crippen molar-refractivity contribution in [2.75, 3.05) is 26.2 Å². The molecule has 1 aromatic rings. The van der Waals surface area contributed by atoms with Crippen molar-refractivity contribution in [2.45, 2.75) is 38.5 Å². The molecule has 0 radical (unpaired) electrons. The van der Waals surface area contributed by atoms with Crippen LogP contribution in [0.15, 0.2) is 18.5 Å². The Bertz CT molecular complexity index is 552. The van der Waals surface area contributed by atoms with E-state index in [1.165, 1.54) is 12.3 Å². The summed E-state index contributed by atoms with van der Waals surface area (Å²) in [4.78, 5) is 20.4. The minimum Gasteiger partial charge on any atom is -0.375 e. The van der Waals surface area contributed by atoms with Crippen LogP contribution in [0.2, 0.25) is 0 Å². The van der Waals surface area contributed by atoms with Gasteiger partial charge in [-0.3, -0.25) is 14.7 Å². The molecule has 0 saturated carbocycles. The van der Waals surface area contributed by atoms with Crippen molar-refractivity contribution in [2.24, 2.45) is 0 Å². The number of hydrogen-bond acceptors (Lipinski definition) is 4. The number of hydrogen-bond donors (Lipinski definition) is 0. The zero-order valence-electron chi connectivity index (χ0n) is 13.0. The van der Waals surface area contributed by atoms with Gasteiger partial charge in [0.15, 0.2) is 5.82 Å². The molecule has 0 spiro atoms. The Kier molecular flexibility index (Phi) is 4.40. The highest BCUT2D eigenvalue weighted by Crippen LogP contribution is 2.25. The maximum atomic E-state index is 13.8. The Labute approximate surface area is 130 Å². The van der Waals surface area contributed by atoms with E-state index < -0.39 is 5.82 Å². The van der Waals surface area contributed by atoms with Gasteiger partial charge in [0.05, 0.1) is 30.5 Å². The second kappa shape index (κ2) is 6.30. The minimum atomic E-state index is -0.560. The van der Waals surface area contributed by atoms with Crippen molar-refractivity contribution < 1.29 is 13.9 Å². The highest BCUT2D eigenvalue weighted by atomic mass is 19.1. The normalized spacial score (nSPS) is 26.1. The number of carbonyl (C=O) groups is 1. The number of pyridine rings is 1. The van der Waals surface area contributed by atoms with Gasteiger partial charge in [0.25, 0.3) is 5.91 Å². The lowest BCUT2D eigenvalue weighted by molar-refractivity contribution is -0.107. The Morgan fingerprint density at radius 2 is 2.27 bits per heavy atom. The number of rotatable bonds is 2. The summed E-state index contributed by atoms with van der Waals surface area (Å²) in [6.07, 6.45) is 3.51. The first-order chi connectivity index (χ1) is 10.6. The van der Waals surface area contributed by atoms with Crippen molar-refractivity contribution in [1.29, 1.82) is 0 Å². The van der Waals surface area contributed by atoms with Crippen molar-refractivity contribution in [3.8, 4) is 0 Å². The van der Waals surface area contributed by atoms with Gasteiger partial charge >= 0.3 is 0 Å². The van der Waals surface area contributed by atoms with E-state index in [4.69, 9.17) is 4.74 Å². The molecule has 2 fully saturated rings. The third kappa shape index (κ3) is 2.85. The molecule has 1 amide bonds. The molecule has 3 rings (SSSR count). The molecule has 2 saturated heterocycles. The summed E-state index contributed by atoms with van der Waals surface area (Å²) in [6, 6.07) is 2.04. The summed E-state index contributed by atoms with van der Waals surface area (Å²) in [5, 5.41) is 0. The number of likely N-dealkylation sites (tertiary alicyclic amines) is 1. The number of piperidine rings is 1. The van der Waals surface area contributed by atoms with E-state index in [2.05, 4.69) is 23.7 Å². The molecule has 120 valence electrons.